The summed E-state index contributed by atoms with van der Waals surface area (Å²) in [5.41, 5.74) is 9.08. The lowest BCUT2D eigenvalue weighted by atomic mass is 9.92. The van der Waals surface area contributed by atoms with Gasteiger partial charge in [0.25, 0.3) is 0 Å². The maximum Gasteiger partial charge on any atom is 0.164 e. The Morgan fingerprint density at radius 2 is 0.902 bits per heavy atom. The minimum Gasteiger partial charge on any atom is -0.455 e. The fourth-order valence-corrected chi connectivity index (χ4v) is 7.23. The molecule has 0 saturated carbocycles. The highest BCUT2D eigenvalue weighted by Crippen LogP contribution is 2.43. The third-order valence-corrected chi connectivity index (χ3v) is 9.70. The summed E-state index contributed by atoms with van der Waals surface area (Å²) in [4.78, 5) is 15.6. The number of aromatic nitrogens is 3. The van der Waals surface area contributed by atoms with E-state index in [1.807, 2.05) is 42.5 Å². The molecule has 10 rings (SSSR count). The van der Waals surface area contributed by atoms with Gasteiger partial charge in [-0.2, -0.15) is 0 Å². The van der Waals surface area contributed by atoms with Crippen molar-refractivity contribution >= 4 is 43.5 Å². The molecule has 2 heterocycles. The van der Waals surface area contributed by atoms with Crippen molar-refractivity contribution < 1.29 is 4.42 Å². The normalized spacial score (nSPS) is 11.5. The summed E-state index contributed by atoms with van der Waals surface area (Å²) >= 11 is 0. The Morgan fingerprint density at radius 3 is 1.65 bits per heavy atom. The predicted octanol–water partition coefficient (Wildman–Crippen LogP) is 12.4. The van der Waals surface area contributed by atoms with Crippen LogP contribution in [0.1, 0.15) is 0 Å². The first kappa shape index (κ1) is 29.0. The quantitative estimate of drug-likeness (QED) is 0.186. The fraction of sp³-hybridized carbons (Fsp3) is 0. The third kappa shape index (κ3) is 5.04. The van der Waals surface area contributed by atoms with Crippen LogP contribution in [0.3, 0.4) is 0 Å². The summed E-state index contributed by atoms with van der Waals surface area (Å²) in [6.07, 6.45) is 0. The van der Waals surface area contributed by atoms with Gasteiger partial charge in [-0.1, -0.05) is 152 Å². The molecule has 0 atom stereocenters. The Labute approximate surface area is 294 Å². The van der Waals surface area contributed by atoms with E-state index in [2.05, 4.69) is 133 Å². The maximum atomic E-state index is 6.56. The van der Waals surface area contributed by atoms with E-state index in [4.69, 9.17) is 19.4 Å². The van der Waals surface area contributed by atoms with Gasteiger partial charge in [0.1, 0.15) is 11.2 Å². The lowest BCUT2D eigenvalue weighted by Gasteiger charge is -2.14. The third-order valence-electron chi connectivity index (χ3n) is 9.70. The monoisotopic (exact) mass is 651 g/mol. The molecule has 2 aromatic heterocycles. The topological polar surface area (TPSA) is 51.8 Å². The van der Waals surface area contributed by atoms with Gasteiger partial charge >= 0.3 is 0 Å². The lowest BCUT2D eigenvalue weighted by Crippen LogP contribution is -2.01. The number of nitrogens with zero attached hydrogens (tertiary/aromatic N) is 3. The van der Waals surface area contributed by atoms with Gasteiger partial charge in [-0.3, -0.25) is 0 Å². The standard InChI is InChI=1S/C47H29N3O/c1-4-13-30(14-5-1)33-23-24-35-28-36(26-25-34(35)27-33)46-48-45(32-17-8-3-9-18-32)49-47(50-46)41-29-40-38-19-10-11-22-42(38)51-44(40)39-21-12-20-37(43(39)41)31-15-6-2-7-16-31/h1-29H. The zero-order valence-electron chi connectivity index (χ0n) is 27.5. The van der Waals surface area contributed by atoms with E-state index in [-0.39, 0.29) is 0 Å². The number of hydrogen-bond acceptors (Lipinski definition) is 4. The van der Waals surface area contributed by atoms with Crippen molar-refractivity contribution in [2.24, 2.45) is 0 Å². The van der Waals surface area contributed by atoms with E-state index in [1.165, 1.54) is 11.1 Å². The van der Waals surface area contributed by atoms with Crippen LogP contribution in [0.2, 0.25) is 0 Å². The molecule has 10 aromatic rings. The van der Waals surface area contributed by atoms with E-state index in [0.29, 0.717) is 17.5 Å². The Morgan fingerprint density at radius 1 is 0.333 bits per heavy atom. The van der Waals surface area contributed by atoms with Gasteiger partial charge in [-0.15, -0.1) is 0 Å². The summed E-state index contributed by atoms with van der Waals surface area (Å²) in [6.45, 7) is 0. The van der Waals surface area contributed by atoms with Gasteiger partial charge in [-0.25, -0.2) is 15.0 Å². The molecular formula is C47H29N3O. The predicted molar refractivity (Wildman–Crippen MR) is 209 cm³/mol. The van der Waals surface area contributed by atoms with Crippen LogP contribution in [-0.4, -0.2) is 15.0 Å². The first-order valence-corrected chi connectivity index (χ1v) is 17.1. The van der Waals surface area contributed by atoms with E-state index in [1.54, 1.807) is 0 Å². The molecule has 0 aliphatic heterocycles. The van der Waals surface area contributed by atoms with Gasteiger partial charge in [0, 0.05) is 38.2 Å². The maximum absolute atomic E-state index is 6.56. The molecule has 0 aliphatic carbocycles. The highest BCUT2D eigenvalue weighted by Gasteiger charge is 2.21. The Kier molecular flexibility index (Phi) is 6.78. The number of fused-ring (bicyclic) bond motifs is 6. The minimum atomic E-state index is 0.610. The Hall–Kier alpha value is -6.91. The number of hydrogen-bond donors (Lipinski definition) is 0. The summed E-state index contributed by atoms with van der Waals surface area (Å²) in [5.74, 6) is 1.85. The van der Waals surface area contributed by atoms with Gasteiger partial charge in [0.15, 0.2) is 17.5 Å². The van der Waals surface area contributed by atoms with Crippen LogP contribution in [-0.2, 0) is 0 Å². The highest BCUT2D eigenvalue weighted by molar-refractivity contribution is 6.21. The molecule has 0 saturated heterocycles. The van der Waals surface area contributed by atoms with Crippen LogP contribution in [0.25, 0.3) is 99.9 Å². The molecule has 238 valence electrons. The van der Waals surface area contributed by atoms with E-state index in [0.717, 1.165) is 71.3 Å². The summed E-state index contributed by atoms with van der Waals surface area (Å²) in [6, 6.07) is 61.0. The van der Waals surface area contributed by atoms with E-state index < -0.39 is 0 Å². The van der Waals surface area contributed by atoms with Crippen LogP contribution in [0.4, 0.5) is 0 Å². The van der Waals surface area contributed by atoms with E-state index >= 15 is 0 Å². The van der Waals surface area contributed by atoms with Crippen molar-refractivity contribution in [1.82, 2.24) is 15.0 Å². The Balaban J connectivity index is 1.24. The molecule has 8 aromatic carbocycles. The highest BCUT2D eigenvalue weighted by atomic mass is 16.3. The molecule has 4 heteroatoms. The molecule has 51 heavy (non-hydrogen) atoms. The number of para-hydroxylation sites is 1. The second-order valence-corrected chi connectivity index (χ2v) is 12.8. The van der Waals surface area contributed by atoms with Crippen molar-refractivity contribution in [2.45, 2.75) is 0 Å². The molecule has 0 N–H and O–H groups in total. The smallest absolute Gasteiger partial charge is 0.164 e. The summed E-state index contributed by atoms with van der Waals surface area (Å²) in [5, 5.41) is 6.43. The molecular weight excluding hydrogens is 623 g/mol. The van der Waals surface area contributed by atoms with Crippen LogP contribution in [0.15, 0.2) is 180 Å². The minimum absolute atomic E-state index is 0.610. The van der Waals surface area contributed by atoms with Gasteiger partial charge < -0.3 is 4.42 Å². The summed E-state index contributed by atoms with van der Waals surface area (Å²) < 4.78 is 6.56. The summed E-state index contributed by atoms with van der Waals surface area (Å²) in [7, 11) is 0. The van der Waals surface area contributed by atoms with Crippen molar-refractivity contribution in [3.63, 3.8) is 0 Å². The molecule has 4 nitrogen and oxygen atoms in total. The first-order valence-electron chi connectivity index (χ1n) is 17.1. The van der Waals surface area contributed by atoms with Crippen molar-refractivity contribution in [1.29, 1.82) is 0 Å². The molecule has 0 fully saturated rings. The van der Waals surface area contributed by atoms with Crippen LogP contribution < -0.4 is 0 Å². The van der Waals surface area contributed by atoms with Crippen LogP contribution in [0, 0.1) is 0 Å². The van der Waals surface area contributed by atoms with Crippen molar-refractivity contribution in [3.8, 4) is 56.4 Å². The molecule has 0 aliphatic rings. The molecule has 0 radical (unpaired) electrons. The molecule has 0 unspecified atom stereocenters. The lowest BCUT2D eigenvalue weighted by molar-refractivity contribution is 0.672. The van der Waals surface area contributed by atoms with Gasteiger partial charge in [0.05, 0.1) is 0 Å². The number of furan rings is 1. The number of rotatable bonds is 5. The number of benzene rings is 8. The zero-order chi connectivity index (χ0) is 33.7. The average molecular weight is 652 g/mol. The van der Waals surface area contributed by atoms with Crippen LogP contribution >= 0.6 is 0 Å². The van der Waals surface area contributed by atoms with Gasteiger partial charge in [-0.05, 0) is 57.3 Å². The fourth-order valence-electron chi connectivity index (χ4n) is 7.23. The largest absolute Gasteiger partial charge is 0.455 e. The van der Waals surface area contributed by atoms with Crippen molar-refractivity contribution in [2.75, 3.05) is 0 Å². The zero-order valence-corrected chi connectivity index (χ0v) is 27.5. The Bertz CT molecular complexity index is 2900. The SMILES string of the molecule is c1ccc(-c2ccc3cc(-c4nc(-c5ccccc5)nc(-c5cc6c7ccccc7oc6c6cccc(-c7ccccc7)c56)n4)ccc3c2)cc1. The second kappa shape index (κ2) is 11.9. The first-order chi connectivity index (χ1) is 25.3. The van der Waals surface area contributed by atoms with E-state index in [9.17, 15) is 0 Å². The molecule has 0 bridgehead atoms. The van der Waals surface area contributed by atoms with Crippen LogP contribution in [0.5, 0.6) is 0 Å². The molecule has 0 spiro atoms. The molecule has 0 amide bonds. The average Bonchev–Trinajstić information content (AvgIpc) is 3.60. The second-order valence-electron chi connectivity index (χ2n) is 12.8. The van der Waals surface area contributed by atoms with Gasteiger partial charge in [0.2, 0.25) is 0 Å². The van der Waals surface area contributed by atoms with Crippen molar-refractivity contribution in [3.05, 3.63) is 176 Å².